The van der Waals surface area contributed by atoms with Crippen LogP contribution in [0.2, 0.25) is 0 Å². The van der Waals surface area contributed by atoms with E-state index in [-0.39, 0.29) is 18.2 Å². The van der Waals surface area contributed by atoms with Crippen molar-refractivity contribution < 1.29 is 27.8 Å². The first-order valence-electron chi connectivity index (χ1n) is 9.01. The molecule has 1 aromatic carbocycles. The molecule has 0 amide bonds. The van der Waals surface area contributed by atoms with E-state index in [4.69, 9.17) is 9.84 Å². The van der Waals surface area contributed by atoms with Gasteiger partial charge in [-0.2, -0.15) is 13.2 Å². The summed E-state index contributed by atoms with van der Waals surface area (Å²) in [7, 11) is 0. The van der Waals surface area contributed by atoms with Gasteiger partial charge in [0.1, 0.15) is 18.1 Å². The predicted molar refractivity (Wildman–Crippen MR) is 97.5 cm³/mol. The van der Waals surface area contributed by atoms with Crippen LogP contribution in [0.25, 0.3) is 0 Å². The van der Waals surface area contributed by atoms with Crippen LogP contribution in [0.1, 0.15) is 30.0 Å². The number of anilines is 1. The van der Waals surface area contributed by atoms with Crippen molar-refractivity contribution in [3.8, 4) is 5.75 Å². The summed E-state index contributed by atoms with van der Waals surface area (Å²) < 4.78 is 42.4. The Kier molecular flexibility index (Phi) is 6.06. The zero-order valence-electron chi connectivity index (χ0n) is 15.1. The number of halogens is 3. The van der Waals surface area contributed by atoms with Crippen LogP contribution in [0.4, 0.5) is 19.0 Å². The maximum Gasteiger partial charge on any atom is 0.405 e. The molecule has 1 aliphatic rings. The molecule has 2 N–H and O–H groups in total. The van der Waals surface area contributed by atoms with Crippen molar-refractivity contribution in [1.82, 2.24) is 4.98 Å². The van der Waals surface area contributed by atoms with Gasteiger partial charge < -0.3 is 15.2 Å². The van der Waals surface area contributed by atoms with Gasteiger partial charge in [-0.05, 0) is 48.1 Å². The molecule has 150 valence electrons. The Morgan fingerprint density at radius 3 is 2.64 bits per heavy atom. The quantitative estimate of drug-likeness (QED) is 0.665. The van der Waals surface area contributed by atoms with Crippen molar-refractivity contribution in [2.75, 3.05) is 18.5 Å². The third kappa shape index (κ3) is 6.14. The molecule has 3 rings (SSSR count). The van der Waals surface area contributed by atoms with Crippen LogP contribution in [0.15, 0.2) is 42.5 Å². The average molecular weight is 394 g/mol. The Morgan fingerprint density at radius 1 is 1.21 bits per heavy atom. The summed E-state index contributed by atoms with van der Waals surface area (Å²) >= 11 is 0. The number of benzene rings is 1. The third-order valence-corrected chi connectivity index (χ3v) is 4.57. The van der Waals surface area contributed by atoms with Gasteiger partial charge in [-0.25, -0.2) is 4.98 Å². The highest BCUT2D eigenvalue weighted by Crippen LogP contribution is 2.49. The topological polar surface area (TPSA) is 71.5 Å². The van der Waals surface area contributed by atoms with E-state index < -0.39 is 18.7 Å². The molecule has 1 fully saturated rings. The lowest BCUT2D eigenvalue weighted by Gasteiger charge is -2.10. The fourth-order valence-corrected chi connectivity index (χ4v) is 3.10. The smallest absolute Gasteiger partial charge is 0.405 e. The minimum Gasteiger partial charge on any atom is -0.493 e. The number of aliphatic carboxylic acids is 1. The minimum atomic E-state index is -4.29. The summed E-state index contributed by atoms with van der Waals surface area (Å²) in [5.41, 5.74) is 1.75. The number of nitrogens with zero attached hydrogens (tertiary/aromatic N) is 1. The summed E-state index contributed by atoms with van der Waals surface area (Å²) in [4.78, 5) is 14.9. The summed E-state index contributed by atoms with van der Waals surface area (Å²) in [6.07, 6.45) is -2.72. The van der Waals surface area contributed by atoms with E-state index in [1.807, 2.05) is 24.3 Å². The monoisotopic (exact) mass is 394 g/mol. The summed E-state index contributed by atoms with van der Waals surface area (Å²) in [5, 5.41) is 11.1. The molecule has 0 radical (unpaired) electrons. The second kappa shape index (κ2) is 8.50. The SMILES string of the molecule is O=C(O)CC1CC1c1ccc(OCCc2cccc(NCC(F)(F)F)n2)cc1. The van der Waals surface area contributed by atoms with Gasteiger partial charge in [-0.3, -0.25) is 4.79 Å². The third-order valence-electron chi connectivity index (χ3n) is 4.57. The number of aromatic nitrogens is 1. The van der Waals surface area contributed by atoms with Crippen LogP contribution in [-0.4, -0.2) is 35.4 Å². The fraction of sp³-hybridized carbons (Fsp3) is 0.400. The molecule has 1 saturated carbocycles. The van der Waals surface area contributed by atoms with Gasteiger partial charge in [0.25, 0.3) is 0 Å². The Morgan fingerprint density at radius 2 is 1.96 bits per heavy atom. The van der Waals surface area contributed by atoms with Crippen LogP contribution in [0, 0.1) is 5.92 Å². The molecule has 0 saturated heterocycles. The number of carboxylic acids is 1. The summed E-state index contributed by atoms with van der Waals surface area (Å²) in [6.45, 7) is -0.777. The van der Waals surface area contributed by atoms with Crippen molar-refractivity contribution in [2.24, 2.45) is 5.92 Å². The lowest BCUT2D eigenvalue weighted by Crippen LogP contribution is -2.22. The van der Waals surface area contributed by atoms with E-state index >= 15 is 0 Å². The highest BCUT2D eigenvalue weighted by Gasteiger charge is 2.39. The Labute approximate surface area is 160 Å². The van der Waals surface area contributed by atoms with E-state index in [2.05, 4.69) is 10.3 Å². The van der Waals surface area contributed by atoms with Gasteiger partial charge >= 0.3 is 12.1 Å². The Bertz CT molecular complexity index is 809. The normalized spacial score (nSPS) is 18.5. The van der Waals surface area contributed by atoms with Crippen molar-refractivity contribution >= 4 is 11.8 Å². The molecule has 2 aromatic rings. The lowest BCUT2D eigenvalue weighted by molar-refractivity contribution is -0.137. The second-order valence-electron chi connectivity index (χ2n) is 6.85. The van der Waals surface area contributed by atoms with Crippen molar-refractivity contribution in [1.29, 1.82) is 0 Å². The first-order valence-corrected chi connectivity index (χ1v) is 9.01. The molecule has 1 heterocycles. The number of carbonyl (C=O) groups is 1. The number of rotatable bonds is 9. The van der Waals surface area contributed by atoms with Gasteiger partial charge in [0.05, 0.1) is 6.61 Å². The molecule has 0 bridgehead atoms. The lowest BCUT2D eigenvalue weighted by atomic mass is 10.1. The van der Waals surface area contributed by atoms with Gasteiger partial charge in [-0.15, -0.1) is 0 Å². The molecule has 0 aliphatic heterocycles. The van der Waals surface area contributed by atoms with Gasteiger partial charge in [0, 0.05) is 18.5 Å². The average Bonchev–Trinajstić information content (AvgIpc) is 3.39. The van der Waals surface area contributed by atoms with Crippen molar-refractivity contribution in [2.45, 2.75) is 31.4 Å². The van der Waals surface area contributed by atoms with Gasteiger partial charge in [0.15, 0.2) is 0 Å². The number of alkyl halides is 3. The van der Waals surface area contributed by atoms with Gasteiger partial charge in [0.2, 0.25) is 0 Å². The van der Waals surface area contributed by atoms with Crippen LogP contribution in [-0.2, 0) is 11.2 Å². The molecule has 1 aromatic heterocycles. The number of ether oxygens (including phenoxy) is 1. The second-order valence-corrected chi connectivity index (χ2v) is 6.85. The number of hydrogen-bond acceptors (Lipinski definition) is 4. The van der Waals surface area contributed by atoms with Gasteiger partial charge in [-0.1, -0.05) is 18.2 Å². The maximum atomic E-state index is 12.3. The van der Waals surface area contributed by atoms with Crippen molar-refractivity contribution in [3.05, 3.63) is 53.7 Å². The number of hydrogen-bond donors (Lipinski definition) is 2. The van der Waals surface area contributed by atoms with E-state index in [9.17, 15) is 18.0 Å². The number of nitrogens with one attached hydrogen (secondary N) is 1. The first-order chi connectivity index (χ1) is 13.3. The minimum absolute atomic E-state index is 0.180. The molecule has 28 heavy (non-hydrogen) atoms. The fourth-order valence-electron chi connectivity index (χ4n) is 3.10. The van der Waals surface area contributed by atoms with E-state index in [1.54, 1.807) is 12.1 Å². The van der Waals surface area contributed by atoms with Crippen LogP contribution < -0.4 is 10.1 Å². The Hall–Kier alpha value is -2.77. The van der Waals surface area contributed by atoms with E-state index in [0.717, 1.165) is 12.0 Å². The number of pyridine rings is 1. The first kappa shape index (κ1) is 20.0. The molecule has 2 atom stereocenters. The maximum absolute atomic E-state index is 12.3. The molecule has 2 unspecified atom stereocenters. The van der Waals surface area contributed by atoms with Crippen LogP contribution in [0.3, 0.4) is 0 Å². The van der Waals surface area contributed by atoms with Crippen LogP contribution in [0.5, 0.6) is 5.75 Å². The van der Waals surface area contributed by atoms with Crippen molar-refractivity contribution in [3.63, 3.8) is 0 Å². The summed E-state index contributed by atoms with van der Waals surface area (Å²) in [6, 6.07) is 12.5. The zero-order chi connectivity index (χ0) is 20.1. The molecule has 5 nitrogen and oxygen atoms in total. The highest BCUT2D eigenvalue weighted by molar-refractivity contribution is 5.67. The molecule has 1 aliphatic carbocycles. The predicted octanol–water partition coefficient (Wildman–Crippen LogP) is 4.26. The Balaban J connectivity index is 1.44. The van der Waals surface area contributed by atoms with E-state index in [0.29, 0.717) is 30.4 Å². The van der Waals surface area contributed by atoms with Crippen LogP contribution >= 0.6 is 0 Å². The molecular formula is C20H21F3N2O3. The summed E-state index contributed by atoms with van der Waals surface area (Å²) in [5.74, 6) is 0.624. The number of carboxylic acid groups (broad SMARTS) is 1. The standard InChI is InChI=1S/C20H21F3N2O3/c21-20(22,23)12-24-18-3-1-2-15(25-18)8-9-28-16-6-4-13(5-7-16)17-10-14(17)11-19(26)27/h1-7,14,17H,8-12H2,(H,24,25)(H,26,27). The van der Waals surface area contributed by atoms with E-state index in [1.165, 1.54) is 6.07 Å². The largest absolute Gasteiger partial charge is 0.493 e. The molecule has 0 spiro atoms. The zero-order valence-corrected chi connectivity index (χ0v) is 15.1. The highest BCUT2D eigenvalue weighted by atomic mass is 19.4. The molecular weight excluding hydrogens is 373 g/mol. The molecule has 8 heteroatoms.